The minimum atomic E-state index is -3.73. The SMILES string of the molecule is Cc1ccc(N(C)S(=O)(=O)CC(=O)c2ccc(Cl)cc2)cc1. The number of ketones is 1. The van der Waals surface area contributed by atoms with Gasteiger partial charge >= 0.3 is 0 Å². The van der Waals surface area contributed by atoms with Crippen LogP contribution in [0.5, 0.6) is 0 Å². The van der Waals surface area contributed by atoms with Crippen LogP contribution < -0.4 is 4.31 Å². The van der Waals surface area contributed by atoms with Crippen molar-refractivity contribution in [2.24, 2.45) is 0 Å². The van der Waals surface area contributed by atoms with Crippen molar-refractivity contribution in [3.05, 3.63) is 64.7 Å². The largest absolute Gasteiger partial charge is 0.293 e. The Kier molecular flexibility index (Phi) is 4.88. The second kappa shape index (κ2) is 6.50. The van der Waals surface area contributed by atoms with Gasteiger partial charge in [0.05, 0.1) is 5.69 Å². The summed E-state index contributed by atoms with van der Waals surface area (Å²) in [4.78, 5) is 12.1. The number of Topliss-reactive ketones (excluding diaryl/α,β-unsaturated/α-hetero) is 1. The third-order valence-electron chi connectivity index (χ3n) is 3.29. The van der Waals surface area contributed by atoms with E-state index < -0.39 is 21.6 Å². The van der Waals surface area contributed by atoms with E-state index in [2.05, 4.69) is 0 Å². The highest BCUT2D eigenvalue weighted by atomic mass is 35.5. The maximum Gasteiger partial charge on any atom is 0.242 e. The Morgan fingerprint density at radius 2 is 1.59 bits per heavy atom. The molecule has 116 valence electrons. The van der Waals surface area contributed by atoms with E-state index in [4.69, 9.17) is 11.6 Å². The zero-order chi connectivity index (χ0) is 16.3. The lowest BCUT2D eigenvalue weighted by molar-refractivity contribution is 0.102. The molecule has 0 fully saturated rings. The third-order valence-corrected chi connectivity index (χ3v) is 5.22. The lowest BCUT2D eigenvalue weighted by Gasteiger charge is -2.19. The maximum atomic E-state index is 12.3. The summed E-state index contributed by atoms with van der Waals surface area (Å²) in [5, 5.41) is 0.496. The summed E-state index contributed by atoms with van der Waals surface area (Å²) < 4.78 is 25.8. The van der Waals surface area contributed by atoms with Crippen LogP contribution >= 0.6 is 11.6 Å². The van der Waals surface area contributed by atoms with Crippen LogP contribution in [0.2, 0.25) is 5.02 Å². The van der Waals surface area contributed by atoms with Crippen LogP contribution in [-0.4, -0.2) is 27.0 Å². The fourth-order valence-electron chi connectivity index (χ4n) is 1.90. The molecule has 0 radical (unpaired) electrons. The molecule has 6 heteroatoms. The number of hydrogen-bond donors (Lipinski definition) is 0. The summed E-state index contributed by atoms with van der Waals surface area (Å²) in [7, 11) is -2.29. The molecule has 0 aliphatic carbocycles. The van der Waals surface area contributed by atoms with E-state index in [1.807, 2.05) is 19.1 Å². The summed E-state index contributed by atoms with van der Waals surface area (Å²) in [6.07, 6.45) is 0. The van der Waals surface area contributed by atoms with E-state index in [9.17, 15) is 13.2 Å². The van der Waals surface area contributed by atoms with Gasteiger partial charge in [0, 0.05) is 17.6 Å². The van der Waals surface area contributed by atoms with Crippen molar-refractivity contribution in [1.82, 2.24) is 0 Å². The first kappa shape index (κ1) is 16.5. The van der Waals surface area contributed by atoms with E-state index in [-0.39, 0.29) is 0 Å². The summed E-state index contributed by atoms with van der Waals surface area (Å²) in [5.74, 6) is -1.05. The van der Waals surface area contributed by atoms with Crippen LogP contribution in [0.4, 0.5) is 5.69 Å². The Morgan fingerprint density at radius 3 is 2.14 bits per heavy atom. The molecule has 2 aromatic carbocycles. The molecule has 2 aromatic rings. The number of halogens is 1. The number of anilines is 1. The zero-order valence-electron chi connectivity index (χ0n) is 12.3. The average Bonchev–Trinajstić information content (AvgIpc) is 2.47. The van der Waals surface area contributed by atoms with Crippen molar-refractivity contribution in [2.45, 2.75) is 6.92 Å². The number of carbonyl (C=O) groups excluding carboxylic acids is 1. The Balaban J connectivity index is 2.18. The number of nitrogens with zero attached hydrogens (tertiary/aromatic N) is 1. The van der Waals surface area contributed by atoms with Gasteiger partial charge in [-0.15, -0.1) is 0 Å². The van der Waals surface area contributed by atoms with Crippen molar-refractivity contribution in [1.29, 1.82) is 0 Å². The van der Waals surface area contributed by atoms with E-state index in [0.717, 1.165) is 9.87 Å². The molecule has 0 heterocycles. The molecule has 2 rings (SSSR count). The van der Waals surface area contributed by atoms with Gasteiger partial charge in [-0.05, 0) is 43.3 Å². The first-order valence-electron chi connectivity index (χ1n) is 6.61. The molecule has 0 aliphatic rings. The Labute approximate surface area is 135 Å². The van der Waals surface area contributed by atoms with Crippen molar-refractivity contribution >= 4 is 33.1 Å². The second-order valence-electron chi connectivity index (χ2n) is 4.99. The molecule has 0 saturated heterocycles. The summed E-state index contributed by atoms with van der Waals surface area (Å²) in [6, 6.07) is 13.2. The highest BCUT2D eigenvalue weighted by Crippen LogP contribution is 2.18. The number of benzene rings is 2. The third kappa shape index (κ3) is 3.87. The van der Waals surface area contributed by atoms with Crippen LogP contribution in [0.15, 0.2) is 48.5 Å². The number of sulfonamides is 1. The van der Waals surface area contributed by atoms with Gasteiger partial charge in [0.2, 0.25) is 10.0 Å². The first-order valence-corrected chi connectivity index (χ1v) is 8.60. The molecule has 0 N–H and O–H groups in total. The van der Waals surface area contributed by atoms with E-state index >= 15 is 0 Å². The lowest BCUT2D eigenvalue weighted by Crippen LogP contribution is -2.32. The monoisotopic (exact) mass is 337 g/mol. The minimum Gasteiger partial charge on any atom is -0.293 e. The van der Waals surface area contributed by atoms with Crippen molar-refractivity contribution < 1.29 is 13.2 Å². The average molecular weight is 338 g/mol. The molecule has 0 spiro atoms. The van der Waals surface area contributed by atoms with Gasteiger partial charge in [-0.1, -0.05) is 29.3 Å². The lowest BCUT2D eigenvalue weighted by atomic mass is 10.1. The van der Waals surface area contributed by atoms with Gasteiger partial charge in [-0.2, -0.15) is 0 Å². The van der Waals surface area contributed by atoms with Crippen molar-refractivity contribution in [2.75, 3.05) is 17.1 Å². The summed E-state index contributed by atoms with van der Waals surface area (Å²) in [5.41, 5.74) is 1.88. The molecule has 0 amide bonds. The molecule has 4 nitrogen and oxygen atoms in total. The first-order chi connectivity index (χ1) is 10.3. The quantitative estimate of drug-likeness (QED) is 0.787. The van der Waals surface area contributed by atoms with Gasteiger partial charge in [0.15, 0.2) is 5.78 Å². The van der Waals surface area contributed by atoms with E-state index in [1.165, 1.54) is 19.2 Å². The van der Waals surface area contributed by atoms with Gasteiger partial charge in [0.1, 0.15) is 5.75 Å². The molecule has 0 unspecified atom stereocenters. The van der Waals surface area contributed by atoms with Crippen LogP contribution in [0.25, 0.3) is 0 Å². The highest BCUT2D eigenvalue weighted by molar-refractivity contribution is 7.93. The molecular formula is C16H16ClNO3S. The Bertz CT molecular complexity index is 768. The second-order valence-corrected chi connectivity index (χ2v) is 7.43. The number of hydrogen-bond acceptors (Lipinski definition) is 3. The van der Waals surface area contributed by atoms with Gasteiger partial charge in [-0.25, -0.2) is 8.42 Å². The van der Waals surface area contributed by atoms with Crippen molar-refractivity contribution in [3.8, 4) is 0 Å². The van der Waals surface area contributed by atoms with E-state index in [1.54, 1.807) is 24.3 Å². The number of aryl methyl sites for hydroxylation is 1. The summed E-state index contributed by atoms with van der Waals surface area (Å²) in [6.45, 7) is 1.92. The highest BCUT2D eigenvalue weighted by Gasteiger charge is 2.23. The van der Waals surface area contributed by atoms with Gasteiger partial charge in [-0.3, -0.25) is 9.10 Å². The van der Waals surface area contributed by atoms with Gasteiger partial charge < -0.3 is 0 Å². The fraction of sp³-hybridized carbons (Fsp3) is 0.188. The maximum absolute atomic E-state index is 12.3. The van der Waals surface area contributed by atoms with E-state index in [0.29, 0.717) is 16.3 Å². The van der Waals surface area contributed by atoms with Crippen LogP contribution in [0, 0.1) is 6.92 Å². The topological polar surface area (TPSA) is 54.5 Å². The van der Waals surface area contributed by atoms with Crippen molar-refractivity contribution in [3.63, 3.8) is 0 Å². The van der Waals surface area contributed by atoms with Gasteiger partial charge in [0.25, 0.3) is 0 Å². The molecule has 0 saturated carbocycles. The normalized spacial score (nSPS) is 11.2. The molecule has 22 heavy (non-hydrogen) atoms. The summed E-state index contributed by atoms with van der Waals surface area (Å²) >= 11 is 5.75. The number of rotatable bonds is 5. The fourth-order valence-corrected chi connectivity index (χ4v) is 3.16. The number of carbonyl (C=O) groups is 1. The zero-order valence-corrected chi connectivity index (χ0v) is 13.9. The Hall–Kier alpha value is -1.85. The molecule has 0 aromatic heterocycles. The Morgan fingerprint density at radius 1 is 1.05 bits per heavy atom. The molecule has 0 atom stereocenters. The molecular weight excluding hydrogens is 322 g/mol. The van der Waals surface area contributed by atoms with Crippen LogP contribution in [0.1, 0.15) is 15.9 Å². The smallest absolute Gasteiger partial charge is 0.242 e. The predicted octanol–water partition coefficient (Wildman–Crippen LogP) is 3.30. The standard InChI is InChI=1S/C16H16ClNO3S/c1-12-3-9-15(10-4-12)18(2)22(20,21)11-16(19)13-5-7-14(17)8-6-13/h3-10H,11H2,1-2H3. The molecule has 0 aliphatic heterocycles. The molecule has 0 bridgehead atoms. The van der Waals surface area contributed by atoms with Crippen LogP contribution in [0.3, 0.4) is 0 Å². The predicted molar refractivity (Wildman–Crippen MR) is 89.2 cm³/mol. The van der Waals surface area contributed by atoms with Crippen LogP contribution in [-0.2, 0) is 10.0 Å². The minimum absolute atomic E-state index is 0.324.